The Morgan fingerprint density at radius 2 is 2.11 bits per heavy atom. The molecule has 3 rings (SSSR count). The highest BCUT2D eigenvalue weighted by molar-refractivity contribution is 5.95. The second-order valence-electron chi connectivity index (χ2n) is 5.48. The Morgan fingerprint density at radius 1 is 1.32 bits per heavy atom. The van der Waals surface area contributed by atoms with E-state index >= 15 is 0 Å². The van der Waals surface area contributed by atoms with Gasteiger partial charge in [0.15, 0.2) is 0 Å². The molecule has 19 heavy (non-hydrogen) atoms. The second kappa shape index (κ2) is 5.93. The predicted octanol–water partition coefficient (Wildman–Crippen LogP) is 2.52. The maximum absolute atomic E-state index is 12.4. The number of hydrogen-bond acceptors (Lipinski definition) is 2. The molecule has 0 radical (unpaired) electrons. The Labute approximate surface area is 120 Å². The SMILES string of the molecule is Cl.N[C@@H]1CCC[C@H]1CC(=O)N1CCc2ccccc21. The van der Waals surface area contributed by atoms with Gasteiger partial charge in [0.1, 0.15) is 0 Å². The lowest BCUT2D eigenvalue weighted by Crippen LogP contribution is -2.34. The zero-order valence-corrected chi connectivity index (χ0v) is 11.9. The van der Waals surface area contributed by atoms with Crippen LogP contribution < -0.4 is 10.6 Å². The summed E-state index contributed by atoms with van der Waals surface area (Å²) >= 11 is 0. The molecule has 2 N–H and O–H groups in total. The first-order valence-electron chi connectivity index (χ1n) is 6.89. The van der Waals surface area contributed by atoms with Gasteiger partial charge in [-0.2, -0.15) is 0 Å². The van der Waals surface area contributed by atoms with Crippen LogP contribution in [0.1, 0.15) is 31.2 Å². The fraction of sp³-hybridized carbons (Fsp3) is 0.533. The van der Waals surface area contributed by atoms with Gasteiger partial charge >= 0.3 is 0 Å². The Balaban J connectivity index is 0.00000133. The van der Waals surface area contributed by atoms with Gasteiger partial charge in [-0.05, 0) is 36.8 Å². The molecular weight excluding hydrogens is 260 g/mol. The molecule has 3 nitrogen and oxygen atoms in total. The van der Waals surface area contributed by atoms with E-state index in [2.05, 4.69) is 12.1 Å². The summed E-state index contributed by atoms with van der Waals surface area (Å²) < 4.78 is 0. The van der Waals surface area contributed by atoms with Gasteiger partial charge in [0.05, 0.1) is 0 Å². The van der Waals surface area contributed by atoms with Crippen LogP contribution in [-0.2, 0) is 11.2 Å². The first-order valence-corrected chi connectivity index (χ1v) is 6.89. The lowest BCUT2D eigenvalue weighted by Gasteiger charge is -2.21. The minimum absolute atomic E-state index is 0. The standard InChI is InChI=1S/C15H20N2O.ClH/c16-13-6-3-5-12(13)10-15(18)17-9-8-11-4-1-2-7-14(11)17;/h1-2,4,7,12-13H,3,5-6,8-10,16H2;1H/t12-,13+;/m0./s1. The minimum Gasteiger partial charge on any atom is -0.327 e. The first kappa shape index (κ1) is 14.4. The molecular formula is C15H21ClN2O. The lowest BCUT2D eigenvalue weighted by molar-refractivity contribution is -0.119. The maximum Gasteiger partial charge on any atom is 0.227 e. The number of nitrogens with two attached hydrogens (primary N) is 1. The number of amides is 1. The van der Waals surface area contributed by atoms with Gasteiger partial charge in [0.2, 0.25) is 5.91 Å². The summed E-state index contributed by atoms with van der Waals surface area (Å²) in [4.78, 5) is 14.3. The molecule has 0 bridgehead atoms. The molecule has 1 aliphatic heterocycles. The van der Waals surface area contributed by atoms with Crippen molar-refractivity contribution in [2.24, 2.45) is 11.7 Å². The summed E-state index contributed by atoms with van der Waals surface area (Å²) in [6, 6.07) is 8.44. The average molecular weight is 281 g/mol. The van der Waals surface area contributed by atoms with Crippen molar-refractivity contribution in [1.29, 1.82) is 0 Å². The van der Waals surface area contributed by atoms with E-state index < -0.39 is 0 Å². The fourth-order valence-corrected chi connectivity index (χ4v) is 3.25. The van der Waals surface area contributed by atoms with Crippen molar-refractivity contribution >= 4 is 24.0 Å². The molecule has 104 valence electrons. The first-order chi connectivity index (χ1) is 8.75. The van der Waals surface area contributed by atoms with E-state index in [1.165, 1.54) is 12.0 Å². The van der Waals surface area contributed by atoms with Crippen molar-refractivity contribution in [1.82, 2.24) is 0 Å². The van der Waals surface area contributed by atoms with Crippen molar-refractivity contribution in [2.75, 3.05) is 11.4 Å². The van der Waals surface area contributed by atoms with Gasteiger partial charge in [0.25, 0.3) is 0 Å². The van der Waals surface area contributed by atoms with Crippen LogP contribution in [-0.4, -0.2) is 18.5 Å². The smallest absolute Gasteiger partial charge is 0.227 e. The van der Waals surface area contributed by atoms with Gasteiger partial charge < -0.3 is 10.6 Å². The number of fused-ring (bicyclic) bond motifs is 1. The van der Waals surface area contributed by atoms with Crippen LogP contribution in [0.3, 0.4) is 0 Å². The Hall–Kier alpha value is -1.06. The van der Waals surface area contributed by atoms with E-state index in [4.69, 9.17) is 5.73 Å². The summed E-state index contributed by atoms with van der Waals surface area (Å²) in [6.45, 7) is 0.833. The molecule has 0 unspecified atom stereocenters. The monoisotopic (exact) mass is 280 g/mol. The van der Waals surface area contributed by atoms with Gasteiger partial charge in [0, 0.05) is 24.7 Å². The molecule has 1 amide bonds. The highest BCUT2D eigenvalue weighted by Crippen LogP contribution is 2.31. The fourth-order valence-electron chi connectivity index (χ4n) is 3.25. The molecule has 0 saturated heterocycles. The van der Waals surface area contributed by atoms with Crippen LogP contribution >= 0.6 is 12.4 Å². The summed E-state index contributed by atoms with van der Waals surface area (Å²) in [6.07, 6.45) is 4.97. The second-order valence-corrected chi connectivity index (χ2v) is 5.48. The quantitative estimate of drug-likeness (QED) is 0.905. The number of hydrogen-bond donors (Lipinski definition) is 1. The van der Waals surface area contributed by atoms with Crippen LogP contribution in [0.15, 0.2) is 24.3 Å². The van der Waals surface area contributed by atoms with Gasteiger partial charge in [-0.3, -0.25) is 4.79 Å². The van der Waals surface area contributed by atoms with E-state index in [0.29, 0.717) is 12.3 Å². The van der Waals surface area contributed by atoms with E-state index in [0.717, 1.165) is 31.5 Å². The number of anilines is 1. The Morgan fingerprint density at radius 3 is 2.84 bits per heavy atom. The van der Waals surface area contributed by atoms with Gasteiger partial charge in [-0.25, -0.2) is 0 Å². The number of rotatable bonds is 2. The van der Waals surface area contributed by atoms with Gasteiger partial charge in [-0.1, -0.05) is 24.6 Å². The Kier molecular flexibility index (Phi) is 4.48. The van der Waals surface area contributed by atoms with Crippen molar-refractivity contribution in [3.05, 3.63) is 29.8 Å². The molecule has 0 spiro atoms. The largest absolute Gasteiger partial charge is 0.327 e. The van der Waals surface area contributed by atoms with E-state index in [1.807, 2.05) is 17.0 Å². The third kappa shape index (κ3) is 2.77. The summed E-state index contributed by atoms with van der Waals surface area (Å²) in [5.74, 6) is 0.646. The summed E-state index contributed by atoms with van der Waals surface area (Å²) in [5.41, 5.74) is 8.45. The van der Waals surface area contributed by atoms with Crippen molar-refractivity contribution in [3.63, 3.8) is 0 Å². The highest BCUT2D eigenvalue weighted by atomic mass is 35.5. The number of carbonyl (C=O) groups is 1. The van der Waals surface area contributed by atoms with E-state index in [9.17, 15) is 4.79 Å². The molecule has 4 heteroatoms. The minimum atomic E-state index is 0. The molecule has 0 aromatic heterocycles. The zero-order chi connectivity index (χ0) is 12.5. The van der Waals surface area contributed by atoms with Crippen LogP contribution in [0.4, 0.5) is 5.69 Å². The van der Waals surface area contributed by atoms with E-state index in [-0.39, 0.29) is 24.4 Å². The molecule has 2 aliphatic rings. The zero-order valence-electron chi connectivity index (χ0n) is 11.0. The number of carbonyl (C=O) groups excluding carboxylic acids is 1. The van der Waals surface area contributed by atoms with Crippen LogP contribution in [0, 0.1) is 5.92 Å². The highest BCUT2D eigenvalue weighted by Gasteiger charge is 2.30. The molecule has 1 aromatic carbocycles. The van der Waals surface area contributed by atoms with Crippen LogP contribution in [0.2, 0.25) is 0 Å². The number of para-hydroxylation sites is 1. The van der Waals surface area contributed by atoms with Crippen LogP contribution in [0.25, 0.3) is 0 Å². The predicted molar refractivity (Wildman–Crippen MR) is 79.7 cm³/mol. The van der Waals surface area contributed by atoms with Crippen molar-refractivity contribution in [2.45, 2.75) is 38.1 Å². The van der Waals surface area contributed by atoms with Crippen LogP contribution in [0.5, 0.6) is 0 Å². The third-order valence-corrected chi connectivity index (χ3v) is 4.34. The number of halogens is 1. The van der Waals surface area contributed by atoms with Crippen molar-refractivity contribution in [3.8, 4) is 0 Å². The topological polar surface area (TPSA) is 46.3 Å². The average Bonchev–Trinajstić information content (AvgIpc) is 2.96. The molecule has 1 saturated carbocycles. The number of benzene rings is 1. The molecule has 1 heterocycles. The molecule has 1 fully saturated rings. The van der Waals surface area contributed by atoms with Gasteiger partial charge in [-0.15, -0.1) is 12.4 Å². The molecule has 1 aliphatic carbocycles. The normalized spacial score (nSPS) is 25.0. The molecule has 2 atom stereocenters. The summed E-state index contributed by atoms with van der Waals surface area (Å²) in [5, 5.41) is 0. The maximum atomic E-state index is 12.4. The third-order valence-electron chi connectivity index (χ3n) is 4.34. The summed E-state index contributed by atoms with van der Waals surface area (Å²) in [7, 11) is 0. The van der Waals surface area contributed by atoms with E-state index in [1.54, 1.807) is 0 Å². The Bertz CT molecular complexity index is 463. The molecule has 1 aromatic rings. The number of nitrogens with zero attached hydrogens (tertiary/aromatic N) is 1. The van der Waals surface area contributed by atoms with Crippen molar-refractivity contribution < 1.29 is 4.79 Å². The lowest BCUT2D eigenvalue weighted by atomic mass is 9.99.